The molecule has 4 nitrogen and oxygen atoms in total. The molecule has 0 aromatic heterocycles. The second-order valence-corrected chi connectivity index (χ2v) is 6.76. The van der Waals surface area contributed by atoms with Gasteiger partial charge in [0, 0.05) is 19.5 Å². The molecule has 0 bridgehead atoms. The Labute approximate surface area is 133 Å². The van der Waals surface area contributed by atoms with Gasteiger partial charge in [0.2, 0.25) is 5.91 Å². The number of phenolic OH excluding ortho intramolecular Hbond substituents is 1. The van der Waals surface area contributed by atoms with Crippen LogP contribution >= 0.6 is 0 Å². The Morgan fingerprint density at radius 2 is 1.91 bits per heavy atom. The number of benzene rings is 1. The van der Waals surface area contributed by atoms with Crippen molar-refractivity contribution in [1.82, 2.24) is 4.90 Å². The van der Waals surface area contributed by atoms with Crippen LogP contribution in [0.5, 0.6) is 5.75 Å². The number of nitrogens with zero attached hydrogens (tertiary/aromatic N) is 1. The van der Waals surface area contributed by atoms with E-state index in [1.807, 2.05) is 26.0 Å². The van der Waals surface area contributed by atoms with Crippen LogP contribution in [0.2, 0.25) is 0 Å². The lowest BCUT2D eigenvalue weighted by atomic mass is 9.83. The normalized spacial score (nSPS) is 11.5. The minimum atomic E-state index is -0.138. The number of aliphatic hydroxyl groups excluding tert-OH is 1. The van der Waals surface area contributed by atoms with E-state index >= 15 is 0 Å². The zero-order valence-electron chi connectivity index (χ0n) is 14.4. The van der Waals surface area contributed by atoms with Gasteiger partial charge in [-0.05, 0) is 42.4 Å². The summed E-state index contributed by atoms with van der Waals surface area (Å²) >= 11 is 0. The number of aliphatic hydroxyl groups is 1. The molecule has 0 aliphatic rings. The van der Waals surface area contributed by atoms with Gasteiger partial charge < -0.3 is 15.1 Å². The highest BCUT2D eigenvalue weighted by molar-refractivity contribution is 5.76. The maximum atomic E-state index is 12.1. The van der Waals surface area contributed by atoms with Gasteiger partial charge in [0.1, 0.15) is 5.75 Å². The van der Waals surface area contributed by atoms with Crippen LogP contribution in [0.25, 0.3) is 0 Å². The summed E-state index contributed by atoms with van der Waals surface area (Å²) in [5.41, 5.74) is 2.69. The predicted molar refractivity (Wildman–Crippen MR) is 89.2 cm³/mol. The summed E-state index contributed by atoms with van der Waals surface area (Å²) < 4.78 is 0. The van der Waals surface area contributed by atoms with E-state index in [4.69, 9.17) is 5.11 Å². The lowest BCUT2D eigenvalue weighted by molar-refractivity contribution is -0.131. The lowest BCUT2D eigenvalue weighted by Crippen LogP contribution is -2.33. The van der Waals surface area contributed by atoms with Crippen LogP contribution in [0.1, 0.15) is 50.8 Å². The minimum absolute atomic E-state index is 0.00787. The third kappa shape index (κ3) is 4.73. The highest BCUT2D eigenvalue weighted by Crippen LogP contribution is 2.34. The van der Waals surface area contributed by atoms with Gasteiger partial charge >= 0.3 is 0 Å². The number of phenols is 1. The molecule has 1 aromatic rings. The van der Waals surface area contributed by atoms with Crippen molar-refractivity contribution in [3.63, 3.8) is 0 Å². The zero-order chi connectivity index (χ0) is 16.9. The second kappa shape index (κ2) is 7.63. The first-order valence-electron chi connectivity index (χ1n) is 7.92. The van der Waals surface area contributed by atoms with Crippen LogP contribution in [0.3, 0.4) is 0 Å². The van der Waals surface area contributed by atoms with E-state index in [1.54, 1.807) is 4.90 Å². The van der Waals surface area contributed by atoms with Crippen LogP contribution in [0, 0.1) is 6.92 Å². The summed E-state index contributed by atoms with van der Waals surface area (Å²) in [5.74, 6) is 0.401. The van der Waals surface area contributed by atoms with Crippen LogP contribution in [-0.2, 0) is 16.6 Å². The molecule has 2 N–H and O–H groups in total. The quantitative estimate of drug-likeness (QED) is 0.849. The van der Waals surface area contributed by atoms with Gasteiger partial charge in [0.05, 0.1) is 6.61 Å². The van der Waals surface area contributed by atoms with Crippen LogP contribution in [0.15, 0.2) is 12.1 Å². The molecule has 22 heavy (non-hydrogen) atoms. The fraction of sp³-hybridized carbons (Fsp3) is 0.611. The summed E-state index contributed by atoms with van der Waals surface area (Å²) in [7, 11) is 0. The number of hydrogen-bond acceptors (Lipinski definition) is 3. The molecule has 0 heterocycles. The molecule has 0 spiro atoms. The summed E-state index contributed by atoms with van der Waals surface area (Å²) in [6.45, 7) is 11.0. The topological polar surface area (TPSA) is 60.8 Å². The first-order chi connectivity index (χ1) is 10.2. The molecular formula is C18H29NO3. The number of hydrogen-bond donors (Lipinski definition) is 2. The summed E-state index contributed by atoms with van der Waals surface area (Å²) in [6.07, 6.45) is 1.06. The number of carbonyl (C=O) groups is 1. The van der Waals surface area contributed by atoms with Gasteiger partial charge in [-0.1, -0.05) is 32.9 Å². The van der Waals surface area contributed by atoms with Crippen LogP contribution in [-0.4, -0.2) is 40.7 Å². The Morgan fingerprint density at radius 3 is 2.41 bits per heavy atom. The van der Waals surface area contributed by atoms with Gasteiger partial charge in [0.25, 0.3) is 0 Å². The van der Waals surface area contributed by atoms with Crippen LogP contribution in [0.4, 0.5) is 0 Å². The fourth-order valence-electron chi connectivity index (χ4n) is 2.56. The second-order valence-electron chi connectivity index (χ2n) is 6.76. The first-order valence-corrected chi connectivity index (χ1v) is 7.92. The number of aromatic hydroxyl groups is 1. The maximum absolute atomic E-state index is 12.1. The van der Waals surface area contributed by atoms with Crippen molar-refractivity contribution in [2.75, 3.05) is 19.7 Å². The first kappa shape index (κ1) is 18.5. The number of amides is 1. The fourth-order valence-corrected chi connectivity index (χ4v) is 2.56. The van der Waals surface area contributed by atoms with Gasteiger partial charge in [-0.2, -0.15) is 0 Å². The van der Waals surface area contributed by atoms with Gasteiger partial charge in [0.15, 0.2) is 0 Å². The average molecular weight is 307 g/mol. The molecule has 4 heteroatoms. The monoisotopic (exact) mass is 307 g/mol. The Hall–Kier alpha value is -1.55. The molecule has 0 atom stereocenters. The van der Waals surface area contributed by atoms with E-state index in [0.29, 0.717) is 31.7 Å². The predicted octanol–water partition coefficient (Wildman–Crippen LogP) is 2.77. The highest BCUT2D eigenvalue weighted by atomic mass is 16.3. The molecule has 1 aromatic carbocycles. The summed E-state index contributed by atoms with van der Waals surface area (Å²) in [6, 6.07) is 3.94. The highest BCUT2D eigenvalue weighted by Gasteiger charge is 2.20. The molecule has 1 amide bonds. The number of aryl methyl sites for hydroxylation is 2. The molecular weight excluding hydrogens is 278 g/mol. The SMILES string of the molecule is CCN(CCO)C(=O)CCc1cc(C)c(O)c(C(C)(C)C)c1. The molecule has 0 radical (unpaired) electrons. The maximum Gasteiger partial charge on any atom is 0.222 e. The lowest BCUT2D eigenvalue weighted by Gasteiger charge is -2.23. The molecule has 0 fully saturated rings. The van der Waals surface area contributed by atoms with Crippen molar-refractivity contribution in [3.8, 4) is 5.75 Å². The molecule has 0 saturated heterocycles. The average Bonchev–Trinajstić information content (AvgIpc) is 2.44. The van der Waals surface area contributed by atoms with Crippen molar-refractivity contribution in [2.45, 2.75) is 52.9 Å². The third-order valence-electron chi connectivity index (χ3n) is 3.90. The van der Waals surface area contributed by atoms with Gasteiger partial charge in [-0.25, -0.2) is 0 Å². The van der Waals surface area contributed by atoms with E-state index in [1.165, 1.54) is 0 Å². The van der Waals surface area contributed by atoms with Crippen molar-refractivity contribution < 1.29 is 15.0 Å². The molecule has 0 aliphatic carbocycles. The van der Waals surface area contributed by atoms with Crippen molar-refractivity contribution in [2.24, 2.45) is 0 Å². The summed E-state index contributed by atoms with van der Waals surface area (Å²) in [5, 5.41) is 19.2. The largest absolute Gasteiger partial charge is 0.507 e. The molecule has 0 unspecified atom stereocenters. The number of carbonyl (C=O) groups excluding carboxylic acids is 1. The Bertz CT molecular complexity index is 518. The van der Waals surface area contributed by atoms with Gasteiger partial charge in [-0.15, -0.1) is 0 Å². The van der Waals surface area contributed by atoms with Crippen molar-refractivity contribution >= 4 is 5.91 Å². The Kier molecular flexibility index (Phi) is 6.42. The third-order valence-corrected chi connectivity index (χ3v) is 3.90. The standard InChI is InChI=1S/C18H29NO3/c1-6-19(9-10-20)16(21)8-7-14-11-13(2)17(22)15(12-14)18(3,4)5/h11-12,20,22H,6-10H2,1-5H3. The minimum Gasteiger partial charge on any atom is -0.507 e. The zero-order valence-corrected chi connectivity index (χ0v) is 14.4. The van der Waals surface area contributed by atoms with E-state index in [0.717, 1.165) is 16.7 Å². The van der Waals surface area contributed by atoms with E-state index < -0.39 is 0 Å². The van der Waals surface area contributed by atoms with E-state index in [9.17, 15) is 9.90 Å². The van der Waals surface area contributed by atoms with Crippen molar-refractivity contribution in [3.05, 3.63) is 28.8 Å². The molecule has 124 valence electrons. The number of rotatable bonds is 6. The number of likely N-dealkylation sites (N-methyl/N-ethyl adjacent to an activating group) is 1. The van der Waals surface area contributed by atoms with E-state index in [2.05, 4.69) is 20.8 Å². The Balaban J connectivity index is 2.87. The summed E-state index contributed by atoms with van der Waals surface area (Å²) in [4.78, 5) is 13.8. The van der Waals surface area contributed by atoms with Crippen LogP contribution < -0.4 is 0 Å². The van der Waals surface area contributed by atoms with E-state index in [-0.39, 0.29) is 17.9 Å². The molecule has 0 aliphatic heterocycles. The smallest absolute Gasteiger partial charge is 0.222 e. The molecule has 1 rings (SSSR count). The van der Waals surface area contributed by atoms with Crippen molar-refractivity contribution in [1.29, 1.82) is 0 Å². The Morgan fingerprint density at radius 1 is 1.27 bits per heavy atom. The van der Waals surface area contributed by atoms with Gasteiger partial charge in [-0.3, -0.25) is 4.79 Å². The molecule has 0 saturated carbocycles.